The quantitative estimate of drug-likeness (QED) is 0.866. The zero-order valence-corrected chi connectivity index (χ0v) is 10.4. The number of hydrogen-bond donors (Lipinski definition) is 2. The first-order valence-electron chi connectivity index (χ1n) is 5.33. The molecule has 2 rings (SSSR count). The molecule has 0 bridgehead atoms. The van der Waals surface area contributed by atoms with Crippen LogP contribution in [0.1, 0.15) is 5.56 Å². The van der Waals surface area contributed by atoms with Crippen molar-refractivity contribution in [2.75, 3.05) is 5.73 Å². The molecule has 0 atom stereocenters. The lowest BCUT2D eigenvalue weighted by atomic mass is 10.2. The van der Waals surface area contributed by atoms with Crippen molar-refractivity contribution in [3.63, 3.8) is 0 Å². The predicted molar refractivity (Wildman–Crippen MR) is 69.1 cm³/mol. The smallest absolute Gasteiger partial charge is 0.241 e. The third kappa shape index (κ3) is 3.06. The minimum Gasteiger partial charge on any atom is -0.384 e. The van der Waals surface area contributed by atoms with Gasteiger partial charge in [-0.1, -0.05) is 30.3 Å². The predicted octanol–water partition coefficient (Wildman–Crippen LogP) is 1.14. The van der Waals surface area contributed by atoms with Crippen LogP contribution in [0, 0.1) is 0 Å². The lowest BCUT2D eigenvalue weighted by Crippen LogP contribution is -2.23. The van der Waals surface area contributed by atoms with E-state index in [0.717, 1.165) is 5.56 Å². The Balaban J connectivity index is 2.13. The van der Waals surface area contributed by atoms with Gasteiger partial charge in [0.1, 0.15) is 5.82 Å². The Hall–Kier alpha value is -1.92. The molecule has 0 aliphatic heterocycles. The molecule has 1 heterocycles. The van der Waals surface area contributed by atoms with Crippen molar-refractivity contribution >= 4 is 15.8 Å². The summed E-state index contributed by atoms with van der Waals surface area (Å²) in [6.07, 6.45) is 1.37. The maximum Gasteiger partial charge on any atom is 0.241 e. The summed E-state index contributed by atoms with van der Waals surface area (Å²) in [5, 5.41) is 0. The average molecular weight is 263 g/mol. The molecule has 5 nitrogen and oxygen atoms in total. The zero-order valence-electron chi connectivity index (χ0n) is 9.58. The van der Waals surface area contributed by atoms with Crippen molar-refractivity contribution in [2.24, 2.45) is 0 Å². The SMILES string of the molecule is Nc1cc(S(=O)(=O)NCc2ccccc2)ccn1. The zero-order chi connectivity index (χ0) is 13.0. The van der Waals surface area contributed by atoms with E-state index in [4.69, 9.17) is 5.73 Å². The number of nitrogens with one attached hydrogen (secondary N) is 1. The Morgan fingerprint density at radius 1 is 1.17 bits per heavy atom. The fourth-order valence-electron chi connectivity index (χ4n) is 1.45. The molecule has 0 aliphatic rings. The van der Waals surface area contributed by atoms with Gasteiger partial charge in [0.2, 0.25) is 10.0 Å². The van der Waals surface area contributed by atoms with Gasteiger partial charge in [-0.2, -0.15) is 0 Å². The molecule has 0 saturated heterocycles. The lowest BCUT2D eigenvalue weighted by Gasteiger charge is -2.07. The molecule has 6 heteroatoms. The summed E-state index contributed by atoms with van der Waals surface area (Å²) in [6.45, 7) is 0.241. The van der Waals surface area contributed by atoms with E-state index in [-0.39, 0.29) is 17.3 Å². The Morgan fingerprint density at radius 2 is 1.89 bits per heavy atom. The Morgan fingerprint density at radius 3 is 2.56 bits per heavy atom. The first-order chi connectivity index (χ1) is 8.58. The van der Waals surface area contributed by atoms with E-state index in [9.17, 15) is 8.42 Å². The average Bonchev–Trinajstić information content (AvgIpc) is 2.38. The number of rotatable bonds is 4. The van der Waals surface area contributed by atoms with Crippen LogP contribution in [0.5, 0.6) is 0 Å². The highest BCUT2D eigenvalue weighted by molar-refractivity contribution is 7.89. The standard InChI is InChI=1S/C12H13N3O2S/c13-12-8-11(6-7-14-12)18(16,17)15-9-10-4-2-1-3-5-10/h1-8,15H,9H2,(H2,13,14). The largest absolute Gasteiger partial charge is 0.384 e. The summed E-state index contributed by atoms with van der Waals surface area (Å²) >= 11 is 0. The summed E-state index contributed by atoms with van der Waals surface area (Å²) in [7, 11) is -3.55. The van der Waals surface area contributed by atoms with Crippen LogP contribution in [-0.4, -0.2) is 13.4 Å². The van der Waals surface area contributed by atoms with E-state index in [2.05, 4.69) is 9.71 Å². The molecule has 94 valence electrons. The fourth-order valence-corrected chi connectivity index (χ4v) is 2.49. The molecule has 0 radical (unpaired) electrons. The summed E-state index contributed by atoms with van der Waals surface area (Å²) < 4.78 is 26.4. The molecule has 1 aromatic heterocycles. The number of hydrogen-bond acceptors (Lipinski definition) is 4. The highest BCUT2D eigenvalue weighted by Gasteiger charge is 2.13. The van der Waals surface area contributed by atoms with Crippen LogP contribution in [0.15, 0.2) is 53.6 Å². The van der Waals surface area contributed by atoms with Gasteiger partial charge in [0, 0.05) is 18.8 Å². The second-order valence-electron chi connectivity index (χ2n) is 3.73. The summed E-state index contributed by atoms with van der Waals surface area (Å²) in [4.78, 5) is 3.87. The van der Waals surface area contributed by atoms with Gasteiger partial charge in [-0.05, 0) is 11.6 Å². The number of benzene rings is 1. The second kappa shape index (κ2) is 5.16. The van der Waals surface area contributed by atoms with Crippen molar-refractivity contribution in [1.29, 1.82) is 0 Å². The van der Waals surface area contributed by atoms with E-state index in [1.54, 1.807) is 0 Å². The fraction of sp³-hybridized carbons (Fsp3) is 0.0833. The van der Waals surface area contributed by atoms with E-state index in [1.165, 1.54) is 18.3 Å². The minimum absolute atomic E-state index is 0.117. The molecule has 0 fully saturated rings. The molecule has 0 aliphatic carbocycles. The van der Waals surface area contributed by atoms with Crippen LogP contribution in [-0.2, 0) is 16.6 Å². The van der Waals surface area contributed by atoms with Crippen molar-refractivity contribution in [3.8, 4) is 0 Å². The maximum absolute atomic E-state index is 12.0. The van der Waals surface area contributed by atoms with Crippen molar-refractivity contribution < 1.29 is 8.42 Å². The molecule has 0 spiro atoms. The van der Waals surface area contributed by atoms with Crippen LogP contribution in [0.25, 0.3) is 0 Å². The summed E-state index contributed by atoms with van der Waals surface area (Å²) in [6, 6.07) is 12.0. The van der Waals surface area contributed by atoms with Crippen LogP contribution >= 0.6 is 0 Å². The highest BCUT2D eigenvalue weighted by Crippen LogP contribution is 2.10. The highest BCUT2D eigenvalue weighted by atomic mass is 32.2. The molecular formula is C12H13N3O2S. The van der Waals surface area contributed by atoms with Crippen LogP contribution in [0.2, 0.25) is 0 Å². The summed E-state index contributed by atoms with van der Waals surface area (Å²) in [5.74, 6) is 0.178. The number of sulfonamides is 1. The maximum atomic E-state index is 12.0. The number of anilines is 1. The number of nitrogen functional groups attached to an aromatic ring is 1. The first kappa shape index (κ1) is 12.5. The van der Waals surface area contributed by atoms with E-state index >= 15 is 0 Å². The summed E-state index contributed by atoms with van der Waals surface area (Å²) in [5.41, 5.74) is 6.35. The topological polar surface area (TPSA) is 85.1 Å². The lowest BCUT2D eigenvalue weighted by molar-refractivity contribution is 0.581. The number of nitrogens with two attached hydrogens (primary N) is 1. The molecule has 3 N–H and O–H groups in total. The van der Waals surface area contributed by atoms with Crippen molar-refractivity contribution in [3.05, 3.63) is 54.2 Å². The normalized spacial score (nSPS) is 11.3. The molecule has 0 saturated carbocycles. The first-order valence-corrected chi connectivity index (χ1v) is 6.81. The van der Waals surface area contributed by atoms with E-state index in [1.807, 2.05) is 30.3 Å². The van der Waals surface area contributed by atoms with Crippen LogP contribution < -0.4 is 10.5 Å². The Bertz CT molecular complexity index is 627. The van der Waals surface area contributed by atoms with Crippen LogP contribution in [0.4, 0.5) is 5.82 Å². The molecule has 0 unspecified atom stereocenters. The van der Waals surface area contributed by atoms with Gasteiger partial charge >= 0.3 is 0 Å². The number of aromatic nitrogens is 1. The molecular weight excluding hydrogens is 250 g/mol. The van der Waals surface area contributed by atoms with Gasteiger partial charge in [-0.25, -0.2) is 18.1 Å². The number of nitrogens with zero attached hydrogens (tertiary/aromatic N) is 1. The van der Waals surface area contributed by atoms with Gasteiger partial charge in [0.05, 0.1) is 4.90 Å². The second-order valence-corrected chi connectivity index (χ2v) is 5.49. The minimum atomic E-state index is -3.55. The molecule has 18 heavy (non-hydrogen) atoms. The third-order valence-corrected chi connectivity index (χ3v) is 3.77. The van der Waals surface area contributed by atoms with Gasteiger partial charge in [-0.15, -0.1) is 0 Å². The van der Waals surface area contributed by atoms with E-state index < -0.39 is 10.0 Å². The monoisotopic (exact) mass is 263 g/mol. The molecule has 0 amide bonds. The Labute approximate surface area is 106 Å². The van der Waals surface area contributed by atoms with Crippen molar-refractivity contribution in [1.82, 2.24) is 9.71 Å². The Kier molecular flexibility index (Phi) is 3.59. The third-order valence-electron chi connectivity index (χ3n) is 2.37. The van der Waals surface area contributed by atoms with Crippen LogP contribution in [0.3, 0.4) is 0 Å². The van der Waals surface area contributed by atoms with Gasteiger partial charge in [0.15, 0.2) is 0 Å². The molecule has 2 aromatic rings. The van der Waals surface area contributed by atoms with Gasteiger partial charge in [-0.3, -0.25) is 0 Å². The number of pyridine rings is 1. The van der Waals surface area contributed by atoms with E-state index in [0.29, 0.717) is 0 Å². The van der Waals surface area contributed by atoms with Gasteiger partial charge in [0.25, 0.3) is 0 Å². The van der Waals surface area contributed by atoms with Gasteiger partial charge < -0.3 is 5.73 Å². The molecule has 1 aromatic carbocycles. The van der Waals surface area contributed by atoms with Crippen molar-refractivity contribution in [2.45, 2.75) is 11.4 Å².